The van der Waals surface area contributed by atoms with Gasteiger partial charge in [-0.05, 0) is 31.5 Å². The van der Waals surface area contributed by atoms with E-state index in [9.17, 15) is 4.39 Å². The quantitative estimate of drug-likeness (QED) is 0.819. The van der Waals surface area contributed by atoms with Gasteiger partial charge in [-0.3, -0.25) is 4.98 Å². The van der Waals surface area contributed by atoms with Crippen molar-refractivity contribution in [3.05, 3.63) is 23.5 Å². The van der Waals surface area contributed by atoms with Crippen LogP contribution in [0.5, 0.6) is 5.75 Å². The van der Waals surface area contributed by atoms with E-state index in [4.69, 9.17) is 4.74 Å². The Morgan fingerprint density at radius 2 is 2.47 bits per heavy atom. The Bertz CT molecular complexity index is 339. The van der Waals surface area contributed by atoms with Crippen molar-refractivity contribution in [3.8, 4) is 5.75 Å². The lowest BCUT2D eigenvalue weighted by Gasteiger charge is -2.27. The Morgan fingerprint density at radius 3 is 3.00 bits per heavy atom. The SMILES string of the molecule is Cc1cc(OC[C@@H]2CCN2)cnc1CF. The van der Waals surface area contributed by atoms with E-state index < -0.39 is 6.67 Å². The van der Waals surface area contributed by atoms with E-state index in [-0.39, 0.29) is 0 Å². The molecule has 1 aliphatic heterocycles. The van der Waals surface area contributed by atoms with Crippen LogP contribution in [0.25, 0.3) is 0 Å². The molecule has 1 N–H and O–H groups in total. The van der Waals surface area contributed by atoms with Crippen molar-refractivity contribution in [1.29, 1.82) is 0 Å². The molecule has 1 atom stereocenters. The first kappa shape index (κ1) is 10.4. The fraction of sp³-hybridized carbons (Fsp3) is 0.545. The van der Waals surface area contributed by atoms with Gasteiger partial charge in [0.1, 0.15) is 19.0 Å². The molecule has 1 aromatic rings. The Hall–Kier alpha value is -1.16. The summed E-state index contributed by atoms with van der Waals surface area (Å²) < 4.78 is 17.9. The van der Waals surface area contributed by atoms with E-state index in [0.29, 0.717) is 18.3 Å². The van der Waals surface area contributed by atoms with Crippen molar-refractivity contribution in [3.63, 3.8) is 0 Å². The van der Waals surface area contributed by atoms with E-state index in [1.807, 2.05) is 13.0 Å². The molecule has 0 unspecified atom stereocenters. The summed E-state index contributed by atoms with van der Waals surface area (Å²) in [6, 6.07) is 2.30. The van der Waals surface area contributed by atoms with Crippen molar-refractivity contribution in [2.75, 3.05) is 13.2 Å². The first-order valence-corrected chi connectivity index (χ1v) is 5.17. The Labute approximate surface area is 88.7 Å². The van der Waals surface area contributed by atoms with E-state index in [1.54, 1.807) is 6.20 Å². The molecule has 82 valence electrons. The molecule has 0 saturated carbocycles. The van der Waals surface area contributed by atoms with Crippen LogP contribution < -0.4 is 10.1 Å². The second-order valence-electron chi connectivity index (χ2n) is 3.82. The van der Waals surface area contributed by atoms with Crippen LogP contribution in [0.1, 0.15) is 17.7 Å². The van der Waals surface area contributed by atoms with Crippen LogP contribution in [0, 0.1) is 6.92 Å². The van der Waals surface area contributed by atoms with E-state index in [0.717, 1.165) is 24.3 Å². The van der Waals surface area contributed by atoms with Gasteiger partial charge in [0.25, 0.3) is 0 Å². The highest BCUT2D eigenvalue weighted by Gasteiger charge is 2.16. The van der Waals surface area contributed by atoms with E-state index >= 15 is 0 Å². The number of alkyl halides is 1. The summed E-state index contributed by atoms with van der Waals surface area (Å²) in [5.41, 5.74) is 1.33. The average molecular weight is 210 g/mol. The van der Waals surface area contributed by atoms with Gasteiger partial charge < -0.3 is 10.1 Å². The number of ether oxygens (including phenoxy) is 1. The van der Waals surface area contributed by atoms with Crippen LogP contribution in [0.15, 0.2) is 12.3 Å². The van der Waals surface area contributed by atoms with Gasteiger partial charge in [0.05, 0.1) is 11.9 Å². The highest BCUT2D eigenvalue weighted by Crippen LogP contribution is 2.16. The van der Waals surface area contributed by atoms with Crippen molar-refractivity contribution < 1.29 is 9.13 Å². The van der Waals surface area contributed by atoms with Gasteiger partial charge in [-0.15, -0.1) is 0 Å². The van der Waals surface area contributed by atoms with Crippen molar-refractivity contribution in [1.82, 2.24) is 10.3 Å². The number of aromatic nitrogens is 1. The molecule has 15 heavy (non-hydrogen) atoms. The van der Waals surface area contributed by atoms with Crippen LogP contribution in [-0.4, -0.2) is 24.2 Å². The van der Waals surface area contributed by atoms with Gasteiger partial charge >= 0.3 is 0 Å². The summed E-state index contributed by atoms with van der Waals surface area (Å²) >= 11 is 0. The number of pyridine rings is 1. The van der Waals surface area contributed by atoms with Gasteiger partial charge in [0.2, 0.25) is 0 Å². The number of halogens is 1. The molecule has 0 spiro atoms. The monoisotopic (exact) mass is 210 g/mol. The molecule has 1 fully saturated rings. The fourth-order valence-electron chi connectivity index (χ4n) is 1.48. The number of nitrogens with one attached hydrogen (secondary N) is 1. The minimum absolute atomic E-state index is 0.464. The second-order valence-corrected chi connectivity index (χ2v) is 3.82. The summed E-state index contributed by atoms with van der Waals surface area (Å²) in [7, 11) is 0. The Balaban J connectivity index is 1.93. The average Bonchev–Trinajstić information content (AvgIpc) is 2.16. The van der Waals surface area contributed by atoms with E-state index in [1.165, 1.54) is 0 Å². The minimum Gasteiger partial charge on any atom is -0.490 e. The lowest BCUT2D eigenvalue weighted by molar-refractivity contribution is 0.216. The number of hydrogen-bond donors (Lipinski definition) is 1. The molecule has 1 aliphatic rings. The molecule has 4 heteroatoms. The predicted octanol–water partition coefficient (Wildman–Crippen LogP) is 1.60. The van der Waals surface area contributed by atoms with Crippen LogP contribution >= 0.6 is 0 Å². The smallest absolute Gasteiger partial charge is 0.137 e. The molecule has 1 aromatic heterocycles. The molecule has 1 saturated heterocycles. The zero-order valence-corrected chi connectivity index (χ0v) is 8.79. The predicted molar refractivity (Wildman–Crippen MR) is 55.7 cm³/mol. The maximum Gasteiger partial charge on any atom is 0.137 e. The van der Waals surface area contributed by atoms with Crippen LogP contribution in [0.4, 0.5) is 4.39 Å². The van der Waals surface area contributed by atoms with Crippen LogP contribution in [-0.2, 0) is 6.67 Å². The van der Waals surface area contributed by atoms with Crippen molar-refractivity contribution >= 4 is 0 Å². The van der Waals surface area contributed by atoms with Gasteiger partial charge in [-0.25, -0.2) is 4.39 Å². The summed E-state index contributed by atoms with van der Waals surface area (Å²) in [6.07, 6.45) is 2.75. The molecular formula is C11H15FN2O. The number of aryl methyl sites for hydroxylation is 1. The third-order valence-electron chi connectivity index (χ3n) is 2.67. The zero-order chi connectivity index (χ0) is 10.7. The molecular weight excluding hydrogens is 195 g/mol. The van der Waals surface area contributed by atoms with Gasteiger partial charge in [0.15, 0.2) is 0 Å². The molecule has 2 rings (SSSR count). The second kappa shape index (κ2) is 4.57. The Kier molecular flexibility index (Phi) is 3.16. The summed E-state index contributed by atoms with van der Waals surface area (Å²) in [4.78, 5) is 4.00. The molecule has 0 amide bonds. The topological polar surface area (TPSA) is 34.1 Å². The first-order valence-electron chi connectivity index (χ1n) is 5.17. The standard InChI is InChI=1S/C11H15FN2O/c1-8-4-10(6-14-11(8)5-12)15-7-9-2-3-13-9/h4,6,9,13H,2-3,5,7H2,1H3/t9-/m0/s1. The Morgan fingerprint density at radius 1 is 1.67 bits per heavy atom. The highest BCUT2D eigenvalue weighted by atomic mass is 19.1. The molecule has 0 aromatic carbocycles. The lowest BCUT2D eigenvalue weighted by atomic mass is 10.1. The molecule has 2 heterocycles. The van der Waals surface area contributed by atoms with Crippen molar-refractivity contribution in [2.24, 2.45) is 0 Å². The van der Waals surface area contributed by atoms with Crippen LogP contribution in [0.3, 0.4) is 0 Å². The highest BCUT2D eigenvalue weighted by molar-refractivity contribution is 5.28. The lowest BCUT2D eigenvalue weighted by Crippen LogP contribution is -2.46. The maximum absolute atomic E-state index is 12.4. The van der Waals surface area contributed by atoms with Crippen LogP contribution in [0.2, 0.25) is 0 Å². The fourth-order valence-corrected chi connectivity index (χ4v) is 1.48. The largest absolute Gasteiger partial charge is 0.490 e. The maximum atomic E-state index is 12.4. The summed E-state index contributed by atoms with van der Waals surface area (Å²) in [6.45, 7) is 3.06. The zero-order valence-electron chi connectivity index (χ0n) is 8.79. The number of hydrogen-bond acceptors (Lipinski definition) is 3. The van der Waals surface area contributed by atoms with Gasteiger partial charge in [-0.1, -0.05) is 0 Å². The molecule has 3 nitrogen and oxygen atoms in total. The minimum atomic E-state index is -0.518. The van der Waals surface area contributed by atoms with Gasteiger partial charge in [-0.2, -0.15) is 0 Å². The van der Waals surface area contributed by atoms with Crippen molar-refractivity contribution in [2.45, 2.75) is 26.1 Å². The third-order valence-corrected chi connectivity index (χ3v) is 2.67. The number of nitrogens with zero attached hydrogens (tertiary/aromatic N) is 1. The molecule has 0 bridgehead atoms. The first-order chi connectivity index (χ1) is 7.29. The van der Waals surface area contributed by atoms with Gasteiger partial charge in [0, 0.05) is 6.04 Å². The van der Waals surface area contributed by atoms with E-state index in [2.05, 4.69) is 10.3 Å². The normalized spacial score (nSPS) is 19.7. The summed E-state index contributed by atoms with van der Waals surface area (Å²) in [5, 5.41) is 3.25. The summed E-state index contributed by atoms with van der Waals surface area (Å²) in [5.74, 6) is 0.721. The molecule has 0 aliphatic carbocycles. The molecule has 0 radical (unpaired) electrons. The number of rotatable bonds is 4. The third kappa shape index (κ3) is 2.45.